The highest BCUT2D eigenvalue weighted by molar-refractivity contribution is 6.89. The number of furan rings is 1. The van der Waals surface area contributed by atoms with Crippen LogP contribution in [0.2, 0.25) is 19.6 Å². The lowest BCUT2D eigenvalue weighted by Gasteiger charge is -2.24. The molecule has 0 aliphatic carbocycles. The summed E-state index contributed by atoms with van der Waals surface area (Å²) in [4.78, 5) is 0. The summed E-state index contributed by atoms with van der Waals surface area (Å²) in [5.41, 5.74) is 15.9. The number of benzene rings is 7. The zero-order valence-corrected chi connectivity index (χ0v) is 36.0. The minimum absolute atomic E-state index is 0.544. The van der Waals surface area contributed by atoms with Gasteiger partial charge in [0, 0.05) is 33.0 Å². The van der Waals surface area contributed by atoms with E-state index in [1.807, 2.05) is 0 Å². The van der Waals surface area contributed by atoms with Gasteiger partial charge in [-0.05, 0) is 84.3 Å². The van der Waals surface area contributed by atoms with Gasteiger partial charge in [0.1, 0.15) is 16.8 Å². The summed E-state index contributed by atoms with van der Waals surface area (Å²) in [7, 11) is -1.85. The van der Waals surface area contributed by atoms with Gasteiger partial charge in [0.05, 0.1) is 24.8 Å². The van der Waals surface area contributed by atoms with E-state index in [9.17, 15) is 0 Å². The number of nitrogens with zero attached hydrogens (tertiary/aromatic N) is 3. The molecule has 0 saturated carbocycles. The molecule has 2 aliphatic rings. The smallest absolute Gasteiger partial charge is 0.364 e. The number of aryl methyl sites for hydroxylation is 1. The van der Waals surface area contributed by atoms with E-state index in [1.54, 1.807) is 0 Å². The number of hydrogen-bond acceptors (Lipinski definition) is 1. The maximum atomic E-state index is 7.15. The highest BCUT2D eigenvalue weighted by Gasteiger charge is 2.67. The second kappa shape index (κ2) is 12.5. The standard InChI is InChI=1S/C55H47N3OSi/c1-34(2)30-38-32-48-43-31-35(3)24-28-44(43)55(56(48)33-50(38)60(4,5)6)45-29-27-42-41-20-12-15-23-49(41)59-53(42)51(45)54-57(46-21-13-14-22-47(46)58(54)55)52-39-19-11-10-18-37(39)25-26-40(52)36-16-8-7-9-17-36/h7-29,31-34H,30H2,1-6H3/q+2. The van der Waals surface area contributed by atoms with Crippen LogP contribution in [0.5, 0.6) is 0 Å². The van der Waals surface area contributed by atoms with Crippen LogP contribution in [-0.2, 0) is 12.1 Å². The van der Waals surface area contributed by atoms with Crippen LogP contribution in [0.25, 0.3) is 83.2 Å². The van der Waals surface area contributed by atoms with E-state index in [1.165, 1.54) is 71.8 Å². The van der Waals surface area contributed by atoms with Gasteiger partial charge in [-0.15, -0.1) is 9.13 Å². The van der Waals surface area contributed by atoms with Crippen molar-refractivity contribution in [2.45, 2.75) is 52.5 Å². The minimum atomic E-state index is -1.85. The maximum Gasteiger partial charge on any atom is 0.364 e. The summed E-state index contributed by atoms with van der Waals surface area (Å²) in [5.74, 6) is 1.67. The van der Waals surface area contributed by atoms with Gasteiger partial charge in [-0.2, -0.15) is 4.57 Å². The average molecular weight is 794 g/mol. The number of pyridine rings is 1. The highest BCUT2D eigenvalue weighted by atomic mass is 28.3. The van der Waals surface area contributed by atoms with Crippen molar-refractivity contribution in [3.63, 3.8) is 0 Å². The fraction of sp³-hybridized carbons (Fsp3) is 0.164. The molecule has 7 aromatic carbocycles. The van der Waals surface area contributed by atoms with Gasteiger partial charge in [0.2, 0.25) is 5.69 Å². The molecule has 0 amide bonds. The SMILES string of the molecule is Cc1ccc2c(c1)-c1cc(CC(C)C)c([Si](C)(C)C)c[n+]1C21c2ccc3c(oc4ccccc43)c2-c2n(-c3c(-c4ccccc4)ccc4ccccc34)c3ccccc3[n+]21. The number of para-hydroxylation sites is 3. The van der Waals surface area contributed by atoms with Gasteiger partial charge in [-0.1, -0.05) is 136 Å². The van der Waals surface area contributed by atoms with Crippen molar-refractivity contribution in [3.05, 3.63) is 180 Å². The molecule has 60 heavy (non-hydrogen) atoms. The van der Waals surface area contributed by atoms with Gasteiger partial charge in [-0.25, -0.2) is 0 Å². The van der Waals surface area contributed by atoms with Crippen LogP contribution in [0.15, 0.2) is 162 Å². The second-order valence-corrected chi connectivity index (χ2v) is 23.6. The molecule has 5 heteroatoms. The third-order valence-electron chi connectivity index (χ3n) is 13.3. The van der Waals surface area contributed by atoms with Crippen molar-refractivity contribution >= 4 is 57.0 Å². The van der Waals surface area contributed by atoms with Gasteiger partial charge in [0.25, 0.3) is 0 Å². The molecule has 5 heterocycles. The van der Waals surface area contributed by atoms with Crippen LogP contribution in [0.3, 0.4) is 0 Å². The zero-order valence-electron chi connectivity index (χ0n) is 35.0. The van der Waals surface area contributed by atoms with E-state index in [4.69, 9.17) is 4.42 Å². The molecule has 12 rings (SSSR count). The summed E-state index contributed by atoms with van der Waals surface area (Å²) in [6.45, 7) is 14.5. The first kappa shape index (κ1) is 35.4. The molecule has 2 aliphatic heterocycles. The molecule has 0 radical (unpaired) electrons. The van der Waals surface area contributed by atoms with Crippen LogP contribution in [0, 0.1) is 12.8 Å². The van der Waals surface area contributed by atoms with E-state index < -0.39 is 13.7 Å². The second-order valence-electron chi connectivity index (χ2n) is 18.5. The van der Waals surface area contributed by atoms with Crippen LogP contribution in [0.1, 0.15) is 36.1 Å². The zero-order chi connectivity index (χ0) is 40.7. The molecule has 0 N–H and O–H groups in total. The van der Waals surface area contributed by atoms with Crippen LogP contribution in [-0.4, -0.2) is 12.6 Å². The first-order chi connectivity index (χ1) is 29.1. The van der Waals surface area contributed by atoms with Gasteiger partial charge < -0.3 is 4.42 Å². The Kier molecular flexibility index (Phi) is 7.36. The first-order valence-corrected chi connectivity index (χ1v) is 24.9. The molecule has 0 bridgehead atoms. The molecule has 1 unspecified atom stereocenters. The third kappa shape index (κ3) is 4.67. The van der Waals surface area contributed by atoms with E-state index >= 15 is 0 Å². The van der Waals surface area contributed by atoms with Crippen molar-refractivity contribution < 1.29 is 13.6 Å². The fourth-order valence-corrected chi connectivity index (χ4v) is 12.5. The van der Waals surface area contributed by atoms with E-state index in [-0.39, 0.29) is 0 Å². The summed E-state index contributed by atoms with van der Waals surface area (Å²) < 4.78 is 15.1. The lowest BCUT2D eigenvalue weighted by Crippen LogP contribution is -2.72. The summed E-state index contributed by atoms with van der Waals surface area (Å²) >= 11 is 0. The Hall–Kier alpha value is -6.56. The van der Waals surface area contributed by atoms with Gasteiger partial charge >= 0.3 is 11.5 Å². The Morgan fingerprint density at radius 1 is 0.683 bits per heavy atom. The molecule has 0 saturated heterocycles. The lowest BCUT2D eigenvalue weighted by atomic mass is 9.88. The van der Waals surface area contributed by atoms with E-state index in [0.29, 0.717) is 5.92 Å². The third-order valence-corrected chi connectivity index (χ3v) is 15.3. The van der Waals surface area contributed by atoms with Crippen molar-refractivity contribution in [3.8, 4) is 39.5 Å². The fourth-order valence-electron chi connectivity index (χ4n) is 10.9. The molecule has 3 aromatic heterocycles. The number of rotatable bonds is 5. The van der Waals surface area contributed by atoms with E-state index in [0.717, 1.165) is 45.3 Å². The number of fused-ring (bicyclic) bond motifs is 17. The number of hydrogen-bond donors (Lipinski definition) is 0. The molecule has 290 valence electrons. The average Bonchev–Trinajstić information content (AvgIpc) is 3.96. The van der Waals surface area contributed by atoms with Crippen molar-refractivity contribution in [1.29, 1.82) is 0 Å². The van der Waals surface area contributed by atoms with Crippen molar-refractivity contribution in [2.24, 2.45) is 5.92 Å². The van der Waals surface area contributed by atoms with Crippen LogP contribution < -0.4 is 14.3 Å². The molecule has 10 aromatic rings. The summed E-state index contributed by atoms with van der Waals surface area (Å²) in [6.07, 6.45) is 3.64. The molecular formula is C55H47N3OSi+2. The maximum absolute atomic E-state index is 7.15. The van der Waals surface area contributed by atoms with Crippen LogP contribution >= 0.6 is 0 Å². The first-order valence-electron chi connectivity index (χ1n) is 21.4. The Bertz CT molecular complexity index is 3440. The minimum Gasteiger partial charge on any atom is -0.455 e. The predicted molar refractivity (Wildman–Crippen MR) is 249 cm³/mol. The largest absolute Gasteiger partial charge is 0.455 e. The molecule has 0 fully saturated rings. The normalized spacial score (nSPS) is 15.4. The predicted octanol–water partition coefficient (Wildman–Crippen LogP) is 12.2. The highest BCUT2D eigenvalue weighted by Crippen LogP contribution is 2.53. The molecule has 1 atom stereocenters. The van der Waals surface area contributed by atoms with Gasteiger partial charge in [0.15, 0.2) is 22.8 Å². The van der Waals surface area contributed by atoms with Crippen molar-refractivity contribution in [2.75, 3.05) is 0 Å². The molecule has 1 spiro atoms. The Balaban J connectivity index is 1.34. The number of aromatic nitrogens is 3. The quantitative estimate of drug-likeness (QED) is 0.126. The Morgan fingerprint density at radius 2 is 1.42 bits per heavy atom. The topological polar surface area (TPSA) is 25.8 Å². The Labute approximate surface area is 351 Å². The van der Waals surface area contributed by atoms with E-state index in [2.05, 4.69) is 212 Å². The lowest BCUT2D eigenvalue weighted by molar-refractivity contribution is -0.944. The number of imidazole rings is 1. The summed E-state index contributed by atoms with van der Waals surface area (Å²) in [6, 6.07) is 56.4. The molecular weight excluding hydrogens is 747 g/mol. The van der Waals surface area contributed by atoms with Crippen LogP contribution in [0.4, 0.5) is 0 Å². The van der Waals surface area contributed by atoms with Gasteiger partial charge in [-0.3, -0.25) is 0 Å². The Morgan fingerprint density at radius 3 is 2.23 bits per heavy atom. The summed E-state index contributed by atoms with van der Waals surface area (Å²) in [5, 5.41) is 6.20. The molecule has 4 nitrogen and oxygen atoms in total. The van der Waals surface area contributed by atoms with Crippen molar-refractivity contribution in [1.82, 2.24) is 4.57 Å². The monoisotopic (exact) mass is 793 g/mol.